The van der Waals surface area contributed by atoms with Gasteiger partial charge < -0.3 is 9.64 Å². The first-order chi connectivity index (χ1) is 14.2. The fourth-order valence-corrected chi connectivity index (χ4v) is 3.78. The van der Waals surface area contributed by atoms with Crippen LogP contribution < -0.4 is 4.74 Å². The molecule has 1 fully saturated rings. The molecule has 158 valence electrons. The monoisotopic (exact) mass is 418 g/mol. The van der Waals surface area contributed by atoms with Crippen molar-refractivity contribution < 1.29 is 22.7 Å². The number of hydrogen-bond acceptors (Lipinski definition) is 4. The number of aromatic nitrogens is 3. The van der Waals surface area contributed by atoms with E-state index in [-0.39, 0.29) is 29.6 Å². The SMILES string of the molecule is COc1ccc(CC(=O)N2CCC(c3cc4nc(C)cc(C(F)(F)F)n4n3)C2)cc1. The quantitative estimate of drug-likeness (QED) is 0.649. The Morgan fingerprint density at radius 2 is 1.97 bits per heavy atom. The van der Waals surface area contributed by atoms with E-state index in [2.05, 4.69) is 10.1 Å². The van der Waals surface area contributed by atoms with Crippen LogP contribution in [0, 0.1) is 6.92 Å². The van der Waals surface area contributed by atoms with E-state index in [4.69, 9.17) is 4.74 Å². The number of ether oxygens (including phenoxy) is 1. The van der Waals surface area contributed by atoms with E-state index in [0.717, 1.165) is 21.9 Å². The van der Waals surface area contributed by atoms with Gasteiger partial charge in [0.25, 0.3) is 0 Å². The molecule has 6 nitrogen and oxygen atoms in total. The van der Waals surface area contributed by atoms with Crippen LogP contribution in [0.3, 0.4) is 0 Å². The van der Waals surface area contributed by atoms with Crippen molar-refractivity contribution in [2.45, 2.75) is 31.9 Å². The Morgan fingerprint density at radius 3 is 2.63 bits per heavy atom. The first kappa shape index (κ1) is 20.2. The molecular weight excluding hydrogens is 397 g/mol. The number of benzene rings is 1. The van der Waals surface area contributed by atoms with Crippen LogP contribution in [0.4, 0.5) is 13.2 Å². The summed E-state index contributed by atoms with van der Waals surface area (Å²) in [6.07, 6.45) is -3.61. The van der Waals surface area contributed by atoms with Crippen molar-refractivity contribution in [3.05, 3.63) is 59.0 Å². The molecule has 0 radical (unpaired) electrons. The van der Waals surface area contributed by atoms with Gasteiger partial charge in [0.1, 0.15) is 11.4 Å². The number of alkyl halides is 3. The van der Waals surface area contributed by atoms with Crippen LogP contribution in [0.1, 0.15) is 35.0 Å². The highest BCUT2D eigenvalue weighted by Crippen LogP contribution is 2.32. The number of methoxy groups -OCH3 is 1. The predicted molar refractivity (Wildman–Crippen MR) is 103 cm³/mol. The number of rotatable bonds is 4. The number of amides is 1. The minimum atomic E-state index is -4.52. The molecule has 1 aliphatic heterocycles. The fourth-order valence-electron chi connectivity index (χ4n) is 3.78. The maximum Gasteiger partial charge on any atom is 0.433 e. The second-order valence-electron chi connectivity index (χ2n) is 7.47. The summed E-state index contributed by atoms with van der Waals surface area (Å²) in [4.78, 5) is 18.6. The lowest BCUT2D eigenvalue weighted by atomic mass is 10.1. The van der Waals surface area contributed by atoms with E-state index in [1.54, 1.807) is 30.2 Å². The molecular formula is C21H21F3N4O2. The molecule has 1 aliphatic rings. The maximum absolute atomic E-state index is 13.4. The molecule has 4 rings (SSSR count). The first-order valence-electron chi connectivity index (χ1n) is 9.60. The lowest BCUT2D eigenvalue weighted by molar-refractivity contribution is -0.142. The van der Waals surface area contributed by atoms with Crippen molar-refractivity contribution in [3.8, 4) is 5.75 Å². The Bertz CT molecular complexity index is 1080. The number of halogens is 3. The number of nitrogens with zero attached hydrogens (tertiary/aromatic N) is 4. The van der Waals surface area contributed by atoms with Crippen molar-refractivity contribution >= 4 is 11.6 Å². The molecule has 1 amide bonds. The molecule has 3 aromatic rings. The zero-order valence-corrected chi connectivity index (χ0v) is 16.6. The van der Waals surface area contributed by atoms with Crippen LogP contribution in [-0.2, 0) is 17.4 Å². The van der Waals surface area contributed by atoms with Crippen molar-refractivity contribution in [2.75, 3.05) is 20.2 Å². The highest BCUT2D eigenvalue weighted by atomic mass is 19.4. The molecule has 0 saturated carbocycles. The number of hydrogen-bond donors (Lipinski definition) is 0. The van der Waals surface area contributed by atoms with Crippen molar-refractivity contribution in [1.82, 2.24) is 19.5 Å². The molecule has 1 unspecified atom stereocenters. The highest BCUT2D eigenvalue weighted by molar-refractivity contribution is 5.79. The zero-order chi connectivity index (χ0) is 21.5. The maximum atomic E-state index is 13.4. The standard InChI is InChI=1S/C21H21F3N4O2/c1-13-9-18(21(22,23)24)28-19(25-13)11-17(26-28)15-7-8-27(12-15)20(29)10-14-3-5-16(30-2)6-4-14/h3-6,9,11,15H,7-8,10,12H2,1-2H3. The van der Waals surface area contributed by atoms with Crippen molar-refractivity contribution in [3.63, 3.8) is 0 Å². The smallest absolute Gasteiger partial charge is 0.433 e. The third kappa shape index (κ3) is 3.96. The van der Waals surface area contributed by atoms with E-state index < -0.39 is 11.9 Å². The number of aryl methyl sites for hydroxylation is 1. The summed E-state index contributed by atoms with van der Waals surface area (Å²) in [6.45, 7) is 2.50. The average Bonchev–Trinajstić information content (AvgIpc) is 3.34. The lowest BCUT2D eigenvalue weighted by Gasteiger charge is -2.16. The summed E-state index contributed by atoms with van der Waals surface area (Å²) in [5, 5.41) is 4.18. The van der Waals surface area contributed by atoms with Crippen LogP contribution in [0.25, 0.3) is 5.65 Å². The van der Waals surface area contributed by atoms with Gasteiger partial charge in [0.05, 0.1) is 19.2 Å². The van der Waals surface area contributed by atoms with Crippen molar-refractivity contribution in [2.24, 2.45) is 0 Å². The van der Waals surface area contributed by atoms with E-state index >= 15 is 0 Å². The number of fused-ring (bicyclic) bond motifs is 1. The summed E-state index contributed by atoms with van der Waals surface area (Å²) in [6, 6.07) is 9.88. The molecule has 3 heterocycles. The van der Waals surface area contributed by atoms with Crippen LogP contribution in [0.5, 0.6) is 5.75 Å². The Balaban J connectivity index is 1.50. The van der Waals surface area contributed by atoms with Crippen LogP contribution in [0.15, 0.2) is 36.4 Å². The van der Waals surface area contributed by atoms with Gasteiger partial charge >= 0.3 is 6.18 Å². The van der Waals surface area contributed by atoms with Gasteiger partial charge in [-0.2, -0.15) is 18.3 Å². The van der Waals surface area contributed by atoms with Gasteiger partial charge in [-0.3, -0.25) is 4.79 Å². The van der Waals surface area contributed by atoms with E-state index in [0.29, 0.717) is 25.2 Å². The summed E-state index contributed by atoms with van der Waals surface area (Å²) in [5.41, 5.74) is 1.01. The number of carbonyl (C=O) groups is 1. The minimum Gasteiger partial charge on any atom is -0.497 e. The Labute approximate surface area is 171 Å². The fraction of sp³-hybridized carbons (Fsp3) is 0.381. The second kappa shape index (κ2) is 7.62. The molecule has 2 aromatic heterocycles. The molecule has 0 N–H and O–H groups in total. The second-order valence-corrected chi connectivity index (χ2v) is 7.47. The minimum absolute atomic E-state index is 0.0172. The Kier molecular flexibility index (Phi) is 5.13. The third-order valence-corrected chi connectivity index (χ3v) is 5.34. The summed E-state index contributed by atoms with van der Waals surface area (Å²) >= 11 is 0. The average molecular weight is 418 g/mol. The van der Waals surface area contributed by atoms with E-state index in [9.17, 15) is 18.0 Å². The Morgan fingerprint density at radius 1 is 1.23 bits per heavy atom. The normalized spacial score (nSPS) is 17.0. The van der Waals surface area contributed by atoms with Gasteiger partial charge in [0.15, 0.2) is 5.65 Å². The van der Waals surface area contributed by atoms with Gasteiger partial charge in [-0.05, 0) is 37.1 Å². The zero-order valence-electron chi connectivity index (χ0n) is 16.6. The molecule has 1 saturated heterocycles. The topological polar surface area (TPSA) is 59.7 Å². The van der Waals surface area contributed by atoms with Gasteiger partial charge in [0, 0.05) is 30.8 Å². The number of carbonyl (C=O) groups excluding carboxylic acids is 1. The van der Waals surface area contributed by atoms with Crippen LogP contribution in [0.2, 0.25) is 0 Å². The molecule has 30 heavy (non-hydrogen) atoms. The predicted octanol–water partition coefficient (Wildman–Crippen LogP) is 3.62. The number of likely N-dealkylation sites (tertiary alicyclic amines) is 1. The molecule has 0 bridgehead atoms. The molecule has 1 aromatic carbocycles. The lowest BCUT2D eigenvalue weighted by Crippen LogP contribution is -2.29. The van der Waals surface area contributed by atoms with Crippen LogP contribution >= 0.6 is 0 Å². The first-order valence-corrected chi connectivity index (χ1v) is 9.60. The largest absolute Gasteiger partial charge is 0.497 e. The van der Waals surface area contributed by atoms with Crippen molar-refractivity contribution in [1.29, 1.82) is 0 Å². The van der Waals surface area contributed by atoms with Gasteiger partial charge in [-0.1, -0.05) is 12.1 Å². The Hall–Kier alpha value is -3.10. The summed E-state index contributed by atoms with van der Waals surface area (Å²) in [5.74, 6) is 0.589. The van der Waals surface area contributed by atoms with E-state index in [1.165, 1.54) is 6.92 Å². The molecule has 0 spiro atoms. The molecule has 0 aliphatic carbocycles. The van der Waals surface area contributed by atoms with Gasteiger partial charge in [-0.25, -0.2) is 9.50 Å². The van der Waals surface area contributed by atoms with Gasteiger partial charge in [-0.15, -0.1) is 0 Å². The van der Waals surface area contributed by atoms with Gasteiger partial charge in [0.2, 0.25) is 5.91 Å². The molecule has 9 heteroatoms. The summed E-state index contributed by atoms with van der Waals surface area (Å²) < 4.78 is 46.0. The highest BCUT2D eigenvalue weighted by Gasteiger charge is 2.36. The third-order valence-electron chi connectivity index (χ3n) is 5.34. The summed E-state index contributed by atoms with van der Waals surface area (Å²) in [7, 11) is 1.58. The molecule has 1 atom stereocenters. The van der Waals surface area contributed by atoms with E-state index in [1.807, 2.05) is 12.1 Å². The van der Waals surface area contributed by atoms with Crippen LogP contribution in [-0.4, -0.2) is 45.6 Å².